The second-order valence-electron chi connectivity index (χ2n) is 6.88. The summed E-state index contributed by atoms with van der Waals surface area (Å²) in [5.41, 5.74) is 3.20. The molecule has 0 radical (unpaired) electrons. The number of hydrogen-bond donors (Lipinski definition) is 2. The van der Waals surface area contributed by atoms with Gasteiger partial charge < -0.3 is 10.2 Å². The average molecular weight is 328 g/mol. The highest BCUT2D eigenvalue weighted by Crippen LogP contribution is 2.46. The number of benzene rings is 1. The first-order chi connectivity index (χ1) is 11.5. The van der Waals surface area contributed by atoms with Crippen LogP contribution in [-0.2, 0) is 11.2 Å². The molecule has 3 nitrogen and oxygen atoms in total. The molecule has 0 saturated carbocycles. The lowest BCUT2D eigenvalue weighted by Gasteiger charge is -2.31. The Morgan fingerprint density at radius 2 is 1.96 bits per heavy atom. The first kappa shape index (κ1) is 18.3. The van der Waals surface area contributed by atoms with Gasteiger partial charge in [-0.25, -0.2) is 0 Å². The molecule has 0 bridgehead atoms. The van der Waals surface area contributed by atoms with Crippen LogP contribution in [0.5, 0.6) is 11.5 Å². The molecule has 1 unspecified atom stereocenters. The second kappa shape index (κ2) is 8.18. The van der Waals surface area contributed by atoms with E-state index < -0.39 is 0 Å². The van der Waals surface area contributed by atoms with Gasteiger partial charge >= 0.3 is 0 Å². The van der Waals surface area contributed by atoms with Crippen LogP contribution in [0.4, 0.5) is 0 Å². The standard InChI is InChI=1S/C21H28O3/c1-4-5-6-7-15-11-19(23)21(20(24)12-15)18-10-16(13-22)8-9-17(18)14(2)3/h10-13,17-18,23-24H,2,4-9H2,1,3H3/t17-,18?/m0/s1. The summed E-state index contributed by atoms with van der Waals surface area (Å²) < 4.78 is 0. The maximum absolute atomic E-state index is 11.2. The molecule has 1 aromatic carbocycles. The minimum absolute atomic E-state index is 0.112. The van der Waals surface area contributed by atoms with Gasteiger partial charge in [0.2, 0.25) is 0 Å². The number of unbranched alkanes of at least 4 members (excludes halogenated alkanes) is 2. The van der Waals surface area contributed by atoms with Crippen molar-refractivity contribution in [3.8, 4) is 11.5 Å². The van der Waals surface area contributed by atoms with E-state index in [1.807, 2.05) is 13.0 Å². The molecule has 130 valence electrons. The van der Waals surface area contributed by atoms with Gasteiger partial charge in [0.05, 0.1) is 0 Å². The number of hydrogen-bond acceptors (Lipinski definition) is 3. The largest absolute Gasteiger partial charge is 0.507 e. The molecule has 0 saturated heterocycles. The molecule has 0 heterocycles. The SMILES string of the molecule is C=C(C)[C@@H]1CCC(C=O)=CC1c1c(O)cc(CCCCC)cc1O. The Hall–Kier alpha value is -2.03. The summed E-state index contributed by atoms with van der Waals surface area (Å²) in [6, 6.07) is 3.51. The fourth-order valence-corrected chi connectivity index (χ4v) is 3.61. The van der Waals surface area contributed by atoms with Gasteiger partial charge in [-0.05, 0) is 61.8 Å². The van der Waals surface area contributed by atoms with E-state index in [1.165, 1.54) is 0 Å². The third-order valence-electron chi connectivity index (χ3n) is 4.95. The summed E-state index contributed by atoms with van der Waals surface area (Å²) in [6.07, 6.45) is 8.43. The van der Waals surface area contributed by atoms with Crippen LogP contribution in [0.2, 0.25) is 0 Å². The molecule has 2 rings (SSSR count). The highest BCUT2D eigenvalue weighted by Gasteiger charge is 2.30. The third-order valence-corrected chi connectivity index (χ3v) is 4.95. The van der Waals surface area contributed by atoms with Crippen molar-refractivity contribution in [3.63, 3.8) is 0 Å². The number of aldehydes is 1. The summed E-state index contributed by atoms with van der Waals surface area (Å²) in [7, 11) is 0. The highest BCUT2D eigenvalue weighted by molar-refractivity contribution is 5.74. The molecular weight excluding hydrogens is 300 g/mol. The number of carbonyl (C=O) groups is 1. The van der Waals surface area contributed by atoms with Crippen molar-refractivity contribution >= 4 is 6.29 Å². The molecule has 1 aromatic rings. The lowest BCUT2D eigenvalue weighted by Crippen LogP contribution is -2.18. The molecule has 0 spiro atoms. The van der Waals surface area contributed by atoms with Crippen LogP contribution in [-0.4, -0.2) is 16.5 Å². The molecule has 0 fully saturated rings. The van der Waals surface area contributed by atoms with Gasteiger partial charge in [-0.1, -0.05) is 38.0 Å². The molecule has 2 N–H and O–H groups in total. The van der Waals surface area contributed by atoms with Crippen molar-refractivity contribution in [1.29, 1.82) is 0 Å². The predicted octanol–water partition coefficient (Wildman–Crippen LogP) is 5.03. The van der Waals surface area contributed by atoms with E-state index in [1.54, 1.807) is 12.1 Å². The van der Waals surface area contributed by atoms with E-state index in [0.717, 1.165) is 55.1 Å². The van der Waals surface area contributed by atoms with E-state index in [4.69, 9.17) is 0 Å². The quantitative estimate of drug-likeness (QED) is 0.419. The Labute approximate surface area is 144 Å². The Kier molecular flexibility index (Phi) is 6.24. The fourth-order valence-electron chi connectivity index (χ4n) is 3.61. The van der Waals surface area contributed by atoms with Crippen LogP contribution in [0.15, 0.2) is 35.9 Å². The first-order valence-electron chi connectivity index (χ1n) is 8.83. The molecule has 1 aliphatic carbocycles. The zero-order valence-corrected chi connectivity index (χ0v) is 14.7. The minimum atomic E-state index is -0.207. The molecule has 0 amide bonds. The first-order valence-corrected chi connectivity index (χ1v) is 8.83. The third kappa shape index (κ3) is 4.08. The summed E-state index contributed by atoms with van der Waals surface area (Å²) in [4.78, 5) is 11.2. The molecule has 3 heteroatoms. The van der Waals surface area contributed by atoms with Crippen molar-refractivity contribution in [2.75, 3.05) is 0 Å². The maximum Gasteiger partial charge on any atom is 0.145 e. The molecule has 0 aliphatic heterocycles. The minimum Gasteiger partial charge on any atom is -0.507 e. The van der Waals surface area contributed by atoms with Crippen molar-refractivity contribution in [1.82, 2.24) is 0 Å². The summed E-state index contributed by atoms with van der Waals surface area (Å²) >= 11 is 0. The molecular formula is C21H28O3. The number of phenols is 2. The van der Waals surface area contributed by atoms with E-state index in [2.05, 4.69) is 13.5 Å². The average Bonchev–Trinajstić information content (AvgIpc) is 2.54. The lowest BCUT2D eigenvalue weighted by molar-refractivity contribution is -0.105. The zero-order valence-electron chi connectivity index (χ0n) is 14.7. The van der Waals surface area contributed by atoms with Crippen LogP contribution in [0, 0.1) is 5.92 Å². The van der Waals surface area contributed by atoms with Gasteiger partial charge in [0.15, 0.2) is 0 Å². The Morgan fingerprint density at radius 1 is 1.29 bits per heavy atom. The van der Waals surface area contributed by atoms with E-state index in [-0.39, 0.29) is 23.3 Å². The smallest absolute Gasteiger partial charge is 0.145 e. The molecule has 0 aromatic heterocycles. The number of aromatic hydroxyl groups is 2. The van der Waals surface area contributed by atoms with E-state index >= 15 is 0 Å². The van der Waals surface area contributed by atoms with Crippen molar-refractivity contribution in [3.05, 3.63) is 47.1 Å². The highest BCUT2D eigenvalue weighted by atomic mass is 16.3. The van der Waals surface area contributed by atoms with Crippen molar-refractivity contribution < 1.29 is 15.0 Å². The Balaban J connectivity index is 2.37. The number of phenolic OH excluding ortho intramolecular Hbond substituents is 2. The van der Waals surface area contributed by atoms with Gasteiger partial charge in [-0.2, -0.15) is 0 Å². The predicted molar refractivity (Wildman–Crippen MR) is 97.4 cm³/mol. The second-order valence-corrected chi connectivity index (χ2v) is 6.88. The van der Waals surface area contributed by atoms with E-state index in [0.29, 0.717) is 12.0 Å². The monoisotopic (exact) mass is 328 g/mol. The van der Waals surface area contributed by atoms with Crippen LogP contribution >= 0.6 is 0 Å². The summed E-state index contributed by atoms with van der Waals surface area (Å²) in [6.45, 7) is 8.16. The molecule has 1 aliphatic rings. The fraction of sp³-hybridized carbons (Fsp3) is 0.476. The van der Waals surface area contributed by atoms with Crippen LogP contribution in [0.3, 0.4) is 0 Å². The van der Waals surface area contributed by atoms with Gasteiger partial charge in [0.25, 0.3) is 0 Å². The summed E-state index contributed by atoms with van der Waals surface area (Å²) in [5.74, 6) is 0.139. The number of allylic oxidation sites excluding steroid dienone is 3. The van der Waals surface area contributed by atoms with Crippen LogP contribution < -0.4 is 0 Å². The Bertz CT molecular complexity index is 619. The van der Waals surface area contributed by atoms with E-state index in [9.17, 15) is 15.0 Å². The normalized spacial score (nSPS) is 20.5. The zero-order chi connectivity index (χ0) is 17.7. The van der Waals surface area contributed by atoms with Gasteiger partial charge in [0.1, 0.15) is 17.8 Å². The van der Waals surface area contributed by atoms with Gasteiger partial charge in [0, 0.05) is 11.5 Å². The van der Waals surface area contributed by atoms with Crippen molar-refractivity contribution in [2.45, 2.75) is 58.3 Å². The van der Waals surface area contributed by atoms with Gasteiger partial charge in [-0.15, -0.1) is 0 Å². The molecule has 24 heavy (non-hydrogen) atoms. The summed E-state index contributed by atoms with van der Waals surface area (Å²) in [5, 5.41) is 21.1. The number of rotatable bonds is 7. The lowest BCUT2D eigenvalue weighted by atomic mass is 9.73. The molecule has 2 atom stereocenters. The van der Waals surface area contributed by atoms with Gasteiger partial charge in [-0.3, -0.25) is 4.79 Å². The van der Waals surface area contributed by atoms with Crippen LogP contribution in [0.25, 0.3) is 0 Å². The number of aryl methyl sites for hydroxylation is 1. The van der Waals surface area contributed by atoms with Crippen molar-refractivity contribution in [2.24, 2.45) is 5.92 Å². The van der Waals surface area contributed by atoms with Crippen LogP contribution in [0.1, 0.15) is 63.0 Å². The number of carbonyl (C=O) groups excluding carboxylic acids is 1. The maximum atomic E-state index is 11.2. The Morgan fingerprint density at radius 3 is 2.50 bits per heavy atom. The topological polar surface area (TPSA) is 57.5 Å².